The molecule has 3 aromatic carbocycles. The number of hydrogen-bond donors (Lipinski definition) is 2. The highest BCUT2D eigenvalue weighted by atomic mass is 16.7. The minimum atomic E-state index is -0.535. The van der Waals surface area contributed by atoms with E-state index in [0.717, 1.165) is 125 Å². The van der Waals surface area contributed by atoms with Gasteiger partial charge >= 0.3 is 19.3 Å². The Labute approximate surface area is 513 Å². The van der Waals surface area contributed by atoms with Gasteiger partial charge in [0.2, 0.25) is 0 Å². The molecule has 10 rings (SSSR count). The highest BCUT2D eigenvalue weighted by molar-refractivity contribution is 6.62. The third-order valence-corrected chi connectivity index (χ3v) is 14.8. The van der Waals surface area contributed by atoms with E-state index in [-0.39, 0.29) is 30.8 Å². The van der Waals surface area contributed by atoms with E-state index in [4.69, 9.17) is 42.7 Å². The number of nitrogens with zero attached hydrogens (tertiary/aromatic N) is 6. The van der Waals surface area contributed by atoms with Gasteiger partial charge in [0.05, 0.1) is 53.4 Å². The Hall–Kier alpha value is -7.76. The molecule has 0 saturated carbocycles. The van der Waals surface area contributed by atoms with Crippen LogP contribution in [0.3, 0.4) is 0 Å². The Morgan fingerprint density at radius 3 is 1.62 bits per heavy atom. The first-order valence-corrected chi connectivity index (χ1v) is 30.5. The van der Waals surface area contributed by atoms with E-state index >= 15 is 0 Å². The van der Waals surface area contributed by atoms with Crippen molar-refractivity contribution in [2.45, 2.75) is 169 Å². The van der Waals surface area contributed by atoms with Gasteiger partial charge in [-0.1, -0.05) is 74.4 Å². The van der Waals surface area contributed by atoms with Crippen molar-refractivity contribution < 1.29 is 47.3 Å². The first-order chi connectivity index (χ1) is 41.6. The molecule has 0 radical (unpaired) electrons. The number of benzene rings is 3. The average Bonchev–Trinajstić information content (AvgIpc) is 2.01. The van der Waals surface area contributed by atoms with Crippen molar-refractivity contribution in [1.29, 1.82) is 0 Å². The molecule has 4 aromatic heterocycles. The molecule has 3 aliphatic heterocycles. The smallest absolute Gasteiger partial charge is 0.492 e. The van der Waals surface area contributed by atoms with Crippen molar-refractivity contribution in [3.63, 3.8) is 0 Å². The summed E-state index contributed by atoms with van der Waals surface area (Å²) in [6.45, 7) is 26.3. The maximum absolute atomic E-state index is 11.9. The van der Waals surface area contributed by atoms with E-state index in [9.17, 15) is 9.59 Å². The highest BCUT2D eigenvalue weighted by Gasteiger charge is 2.51. The lowest BCUT2D eigenvalue weighted by Gasteiger charge is -2.32. The van der Waals surface area contributed by atoms with Crippen molar-refractivity contribution in [3.8, 4) is 23.3 Å². The standard InChI is InChI=1S/C34H40N4O4.C19H30BNO5.C15H17N3O/c1-5-27(24-11-7-6-8-12-24)32(25-14-16-26(17-15-25)40-22-20-35-33(39)42-34(2,3)4)28-18-19-30-29(37-28)23-36-38(30)31-13-9-10-21-41-31;1-17(2,3)24-16(22)21-12-13-23-15-10-8-14(9-11-15)20-25-18(4,5)19(6,7)26-20;1-2-3-6-12-8-9-14-13(17-12)11-16-18(14)15-7-4-5-10-19-15/h6-8,11-12,14-19,23,31H,5,9-10,13,20-22H2,1-4H3,(H,35,39);8-11H,12-13H2,1-7H3,(H,21,22);8-9,11,15H,2,4-5,7,10H2,1H3/b32-27+;;. The lowest BCUT2D eigenvalue weighted by Crippen LogP contribution is -2.41. The molecule has 0 aliphatic carbocycles. The van der Waals surface area contributed by atoms with Crippen molar-refractivity contribution in [2.75, 3.05) is 39.5 Å². The van der Waals surface area contributed by atoms with Gasteiger partial charge in [-0.25, -0.2) is 28.9 Å². The zero-order valence-electron chi connectivity index (χ0n) is 52.9. The second-order valence-corrected chi connectivity index (χ2v) is 24.5. The molecule has 7 heterocycles. The fourth-order valence-corrected chi connectivity index (χ4v) is 9.88. The van der Waals surface area contributed by atoms with Crippen LogP contribution in [0.1, 0.15) is 169 Å². The number of rotatable bonds is 15. The van der Waals surface area contributed by atoms with E-state index < -0.39 is 23.4 Å². The molecule has 2 amide bonds. The van der Waals surface area contributed by atoms with Crippen molar-refractivity contribution in [3.05, 3.63) is 138 Å². The normalized spacial score (nSPS) is 17.5. The van der Waals surface area contributed by atoms with E-state index in [1.165, 1.54) is 12.0 Å². The van der Waals surface area contributed by atoms with Crippen molar-refractivity contribution >= 4 is 58.0 Å². The Bertz CT molecular complexity index is 3440. The third-order valence-electron chi connectivity index (χ3n) is 14.8. The average molecular weight is 1190 g/mol. The summed E-state index contributed by atoms with van der Waals surface area (Å²) in [5, 5.41) is 14.5. The largest absolute Gasteiger partial charge is 0.494 e. The third kappa shape index (κ3) is 18.4. The monoisotopic (exact) mass is 1190 g/mol. The van der Waals surface area contributed by atoms with Gasteiger partial charge in [-0.3, -0.25) is 0 Å². The van der Waals surface area contributed by atoms with Gasteiger partial charge in [0.15, 0.2) is 12.5 Å². The summed E-state index contributed by atoms with van der Waals surface area (Å²) in [7, 11) is -0.386. The van der Waals surface area contributed by atoms with Crippen molar-refractivity contribution in [2.24, 2.45) is 0 Å². The molecule has 462 valence electrons. The molecule has 0 spiro atoms. The zero-order chi connectivity index (χ0) is 62.2. The van der Waals surface area contributed by atoms with Gasteiger partial charge in [-0.2, -0.15) is 10.2 Å². The maximum atomic E-state index is 11.9. The van der Waals surface area contributed by atoms with Crippen LogP contribution in [0.2, 0.25) is 0 Å². The summed E-state index contributed by atoms with van der Waals surface area (Å²) in [6.07, 6.45) is 11.0. The topological polar surface area (TPSA) is 193 Å². The fourth-order valence-electron chi connectivity index (χ4n) is 9.88. The second kappa shape index (κ2) is 29.8. The van der Waals surface area contributed by atoms with Gasteiger partial charge in [-0.15, -0.1) is 0 Å². The SMILES string of the molecule is CC(C)(C)OC(=O)NCCOc1ccc(B2OC(C)(C)C(C)(C)O2)cc1.CC/C(=C(/c1ccc(OCCNC(=O)OC(C)(C)C)cc1)c1ccc2c(cnn2C2CCCCO2)n1)c1ccccc1.CCC#Cc1ccc2c(cnn2C2CCCCO2)n1. The number of amides is 2. The van der Waals surface area contributed by atoms with Gasteiger partial charge in [0.25, 0.3) is 0 Å². The molecular weight excluding hydrogens is 1100 g/mol. The van der Waals surface area contributed by atoms with Crippen LogP contribution in [0.5, 0.6) is 11.5 Å². The van der Waals surface area contributed by atoms with Crippen LogP contribution in [0.4, 0.5) is 9.59 Å². The Balaban J connectivity index is 0.000000185. The number of allylic oxidation sites excluding steroid dienone is 1. The number of fused-ring (bicyclic) bond motifs is 2. The molecule has 7 aromatic rings. The quantitative estimate of drug-likeness (QED) is 0.0426. The van der Waals surface area contributed by atoms with E-state index in [0.29, 0.717) is 26.3 Å². The molecule has 3 fully saturated rings. The van der Waals surface area contributed by atoms with Gasteiger partial charge in [-0.05, 0) is 191 Å². The maximum Gasteiger partial charge on any atom is 0.494 e. The van der Waals surface area contributed by atoms with Crippen LogP contribution >= 0.6 is 0 Å². The number of aromatic nitrogens is 6. The molecule has 19 heteroatoms. The number of hydrogen-bond acceptors (Lipinski definition) is 14. The first-order valence-electron chi connectivity index (χ1n) is 30.5. The number of nitrogens with one attached hydrogen (secondary N) is 2. The lowest BCUT2D eigenvalue weighted by molar-refractivity contribution is -0.0367. The van der Waals surface area contributed by atoms with Gasteiger partial charge in [0.1, 0.15) is 52.6 Å². The lowest BCUT2D eigenvalue weighted by atomic mass is 9.79. The molecule has 0 bridgehead atoms. The number of pyridine rings is 2. The van der Waals surface area contributed by atoms with E-state index in [1.807, 2.05) is 146 Å². The number of ether oxygens (including phenoxy) is 6. The first kappa shape index (κ1) is 65.2. The predicted molar refractivity (Wildman–Crippen MR) is 341 cm³/mol. The van der Waals surface area contributed by atoms with Crippen LogP contribution in [0.15, 0.2) is 116 Å². The summed E-state index contributed by atoms with van der Waals surface area (Å²) in [5.41, 5.74) is 9.11. The van der Waals surface area contributed by atoms with Gasteiger partial charge in [0, 0.05) is 25.2 Å². The minimum absolute atomic E-state index is 0.0405. The Morgan fingerprint density at radius 2 is 1.14 bits per heavy atom. The molecule has 3 aliphatic rings. The Morgan fingerprint density at radius 1 is 0.632 bits per heavy atom. The molecule has 3 saturated heterocycles. The molecule has 87 heavy (non-hydrogen) atoms. The van der Waals surface area contributed by atoms with Crippen LogP contribution in [-0.4, -0.2) is 111 Å². The van der Waals surface area contributed by atoms with Crippen LogP contribution < -0.4 is 25.6 Å². The molecule has 2 unspecified atom stereocenters. The molecular formula is C68H87BN8O10. The second-order valence-electron chi connectivity index (χ2n) is 24.5. The fraction of sp³-hybridized carbons (Fsp3) is 0.471. The van der Waals surface area contributed by atoms with Crippen molar-refractivity contribution in [1.82, 2.24) is 40.2 Å². The number of carbonyl (C=O) groups is 2. The summed E-state index contributed by atoms with van der Waals surface area (Å²) in [5.74, 6) is 7.52. The van der Waals surface area contributed by atoms with E-state index in [2.05, 4.69) is 93.1 Å². The summed E-state index contributed by atoms with van der Waals surface area (Å²) >= 11 is 0. The predicted octanol–water partition coefficient (Wildman–Crippen LogP) is 13.2. The highest BCUT2D eigenvalue weighted by Crippen LogP contribution is 2.38. The van der Waals surface area contributed by atoms with Crippen LogP contribution in [0, 0.1) is 11.8 Å². The number of carbonyl (C=O) groups excluding carboxylic acids is 2. The Kier molecular flexibility index (Phi) is 22.3. The summed E-state index contributed by atoms with van der Waals surface area (Å²) in [4.78, 5) is 33.1. The molecule has 2 N–H and O–H groups in total. The summed E-state index contributed by atoms with van der Waals surface area (Å²) < 4.78 is 49.7. The molecule has 2 atom stereocenters. The number of alkyl carbamates (subject to hydrolysis) is 2. The minimum Gasteiger partial charge on any atom is -0.492 e. The van der Waals surface area contributed by atoms with E-state index in [1.54, 1.807) is 6.20 Å². The zero-order valence-corrected chi connectivity index (χ0v) is 52.9. The summed E-state index contributed by atoms with van der Waals surface area (Å²) in [6, 6.07) is 34.3. The molecule has 18 nitrogen and oxygen atoms in total. The van der Waals surface area contributed by atoms with Crippen LogP contribution in [0.25, 0.3) is 33.2 Å². The van der Waals surface area contributed by atoms with Crippen LogP contribution in [-0.2, 0) is 28.3 Å². The van der Waals surface area contributed by atoms with Gasteiger partial charge < -0.3 is 48.4 Å².